The number of fused-ring (bicyclic) bond motifs is 3. The molecule has 1 aromatic heterocycles. The van der Waals surface area contributed by atoms with Crippen LogP contribution < -0.4 is 25.6 Å². The molecule has 2 aromatic rings. The number of cyclic esters (lactones) is 1. The van der Waals surface area contributed by atoms with E-state index < -0.39 is 12.2 Å². The molecule has 158 valence electrons. The number of amides is 2. The van der Waals surface area contributed by atoms with Gasteiger partial charge in [-0.3, -0.25) is 9.69 Å². The number of benzene rings is 1. The first-order chi connectivity index (χ1) is 14.5. The average molecular weight is 449 g/mol. The quantitative estimate of drug-likeness (QED) is 0.745. The Bertz CT molecular complexity index is 999. The molecule has 0 spiro atoms. The van der Waals surface area contributed by atoms with E-state index in [0.717, 1.165) is 25.2 Å². The van der Waals surface area contributed by atoms with Gasteiger partial charge in [0.05, 0.1) is 21.4 Å². The van der Waals surface area contributed by atoms with Crippen molar-refractivity contribution in [3.63, 3.8) is 0 Å². The third-order valence-corrected chi connectivity index (χ3v) is 6.90. The van der Waals surface area contributed by atoms with Gasteiger partial charge in [-0.25, -0.2) is 4.79 Å². The number of carbonyl (C=O) groups is 2. The fourth-order valence-electron chi connectivity index (χ4n) is 4.13. The molecule has 0 radical (unpaired) electrons. The second kappa shape index (κ2) is 7.64. The number of nitrogens with one attached hydrogen (secondary N) is 1. The third kappa shape index (κ3) is 3.46. The fraction of sp³-hybridized carbons (Fsp3) is 0.400. The molecular formula is C20H21ClN4O4S. The van der Waals surface area contributed by atoms with Crippen LogP contribution in [0.5, 0.6) is 5.75 Å². The van der Waals surface area contributed by atoms with Crippen molar-refractivity contribution in [2.75, 3.05) is 36.0 Å². The Kier molecular flexibility index (Phi) is 4.96. The van der Waals surface area contributed by atoms with Gasteiger partial charge in [-0.05, 0) is 30.7 Å². The van der Waals surface area contributed by atoms with E-state index in [1.165, 1.54) is 11.3 Å². The monoisotopic (exact) mass is 448 g/mol. The molecule has 3 N–H and O–H groups in total. The van der Waals surface area contributed by atoms with Gasteiger partial charge in [0.25, 0.3) is 5.91 Å². The maximum absolute atomic E-state index is 12.6. The van der Waals surface area contributed by atoms with Gasteiger partial charge in [-0.1, -0.05) is 11.6 Å². The first kappa shape index (κ1) is 19.5. The predicted molar refractivity (Wildman–Crippen MR) is 115 cm³/mol. The Balaban J connectivity index is 1.29. The summed E-state index contributed by atoms with van der Waals surface area (Å²) >= 11 is 7.09. The maximum atomic E-state index is 12.6. The zero-order valence-corrected chi connectivity index (χ0v) is 17.6. The van der Waals surface area contributed by atoms with Crippen LogP contribution >= 0.6 is 22.9 Å². The third-order valence-electron chi connectivity index (χ3n) is 5.67. The largest absolute Gasteiger partial charge is 0.489 e. The van der Waals surface area contributed by atoms with Crippen LogP contribution in [0.1, 0.15) is 16.1 Å². The second-order valence-electron chi connectivity index (χ2n) is 7.63. The minimum atomic E-state index is -0.499. The standard InChI is InChI=1S/C20H21ClN4O4S/c21-18-4-3-17(30-18)19(26)23-8-16-14-10-28-15-7-12(24-6-5-11(22)9-24)1-2-13(15)25(14)20(27)29-16/h1-4,7,11,14,16H,5-6,8-10,22H2,(H,23,26)/t11-,14-,16-/m0/s1. The molecule has 1 aromatic carbocycles. The van der Waals surface area contributed by atoms with Crippen LogP contribution in [0.25, 0.3) is 0 Å². The van der Waals surface area contributed by atoms with E-state index >= 15 is 0 Å². The predicted octanol–water partition coefficient (Wildman–Crippen LogP) is 2.46. The highest BCUT2D eigenvalue weighted by Crippen LogP contribution is 2.41. The summed E-state index contributed by atoms with van der Waals surface area (Å²) in [6.45, 7) is 2.22. The highest BCUT2D eigenvalue weighted by atomic mass is 35.5. The number of hydrogen-bond acceptors (Lipinski definition) is 7. The van der Waals surface area contributed by atoms with E-state index in [0.29, 0.717) is 27.3 Å². The van der Waals surface area contributed by atoms with E-state index in [9.17, 15) is 9.59 Å². The van der Waals surface area contributed by atoms with Crippen LogP contribution in [0.15, 0.2) is 30.3 Å². The number of nitrogens with zero attached hydrogens (tertiary/aromatic N) is 2. The average Bonchev–Trinajstić information content (AvgIpc) is 3.45. The van der Waals surface area contributed by atoms with Gasteiger partial charge in [0.15, 0.2) is 0 Å². The van der Waals surface area contributed by atoms with Gasteiger partial charge in [0.2, 0.25) is 0 Å². The number of rotatable bonds is 4. The van der Waals surface area contributed by atoms with E-state index in [-0.39, 0.29) is 24.5 Å². The van der Waals surface area contributed by atoms with Crippen molar-refractivity contribution in [3.8, 4) is 5.75 Å². The van der Waals surface area contributed by atoms with Gasteiger partial charge in [0.1, 0.15) is 24.5 Å². The summed E-state index contributed by atoms with van der Waals surface area (Å²) in [6, 6.07) is 9.03. The smallest absolute Gasteiger partial charge is 0.415 e. The van der Waals surface area contributed by atoms with E-state index in [2.05, 4.69) is 10.2 Å². The van der Waals surface area contributed by atoms with Crippen LogP contribution in [0.4, 0.5) is 16.2 Å². The second-order valence-corrected chi connectivity index (χ2v) is 9.35. The SMILES string of the molecule is N[C@H]1CCN(c2ccc3c(c2)OC[C@H]2[C@H](CNC(=O)c4ccc(Cl)s4)OC(=O)N32)C1. The summed E-state index contributed by atoms with van der Waals surface area (Å²) in [6.07, 6.45) is 0.0315. The molecule has 5 rings (SSSR count). The molecule has 3 aliphatic rings. The lowest BCUT2D eigenvalue weighted by atomic mass is 10.1. The van der Waals surface area contributed by atoms with Crippen molar-refractivity contribution in [2.24, 2.45) is 5.73 Å². The molecule has 2 amide bonds. The zero-order chi connectivity index (χ0) is 20.8. The van der Waals surface area contributed by atoms with Crippen molar-refractivity contribution in [1.29, 1.82) is 0 Å². The summed E-state index contributed by atoms with van der Waals surface area (Å²) in [5.41, 5.74) is 7.73. The van der Waals surface area contributed by atoms with Gasteiger partial charge in [-0.2, -0.15) is 0 Å². The lowest BCUT2D eigenvalue weighted by Crippen LogP contribution is -2.47. The number of nitrogens with two attached hydrogens (primary N) is 1. The van der Waals surface area contributed by atoms with E-state index in [1.807, 2.05) is 18.2 Å². The topological polar surface area (TPSA) is 97.1 Å². The minimum Gasteiger partial charge on any atom is -0.489 e. The van der Waals surface area contributed by atoms with Crippen molar-refractivity contribution in [2.45, 2.75) is 24.6 Å². The fourth-order valence-corrected chi connectivity index (χ4v) is 5.09. The number of ether oxygens (including phenoxy) is 2. The molecule has 0 saturated carbocycles. The molecule has 2 fully saturated rings. The van der Waals surface area contributed by atoms with Gasteiger partial charge in [0, 0.05) is 30.9 Å². The van der Waals surface area contributed by atoms with Gasteiger partial charge >= 0.3 is 6.09 Å². The Morgan fingerprint density at radius 1 is 1.33 bits per heavy atom. The first-order valence-electron chi connectivity index (χ1n) is 9.80. The molecule has 8 nitrogen and oxygen atoms in total. The molecule has 0 bridgehead atoms. The number of hydrogen-bond donors (Lipinski definition) is 2. The Hall–Kier alpha value is -2.49. The van der Waals surface area contributed by atoms with Crippen LogP contribution in [-0.2, 0) is 4.74 Å². The number of thiophene rings is 1. The Morgan fingerprint density at radius 2 is 2.20 bits per heavy atom. The van der Waals surface area contributed by atoms with Crippen LogP contribution in [0, 0.1) is 0 Å². The summed E-state index contributed by atoms with van der Waals surface area (Å²) in [5.74, 6) is 0.408. The molecule has 4 heterocycles. The Labute approximate surface area is 182 Å². The van der Waals surface area contributed by atoms with E-state index in [4.69, 9.17) is 26.8 Å². The summed E-state index contributed by atoms with van der Waals surface area (Å²) < 4.78 is 12.1. The highest BCUT2D eigenvalue weighted by Gasteiger charge is 2.46. The first-order valence-corrected chi connectivity index (χ1v) is 11.0. The lowest BCUT2D eigenvalue weighted by molar-refractivity contribution is 0.0890. The zero-order valence-electron chi connectivity index (χ0n) is 16.0. The summed E-state index contributed by atoms with van der Waals surface area (Å²) in [4.78, 5) is 29.2. The normalized spacial score (nSPS) is 24.9. The molecule has 0 aliphatic carbocycles. The molecule has 30 heavy (non-hydrogen) atoms. The number of carbonyl (C=O) groups excluding carboxylic acids is 2. The maximum Gasteiger partial charge on any atom is 0.415 e. The minimum absolute atomic E-state index is 0.182. The number of halogens is 1. The van der Waals surface area contributed by atoms with Gasteiger partial charge < -0.3 is 25.4 Å². The molecule has 3 atom stereocenters. The summed E-state index contributed by atoms with van der Waals surface area (Å²) in [7, 11) is 0. The van der Waals surface area contributed by atoms with Crippen molar-refractivity contribution >= 4 is 46.3 Å². The van der Waals surface area contributed by atoms with Crippen LogP contribution in [0.3, 0.4) is 0 Å². The molecular weight excluding hydrogens is 428 g/mol. The van der Waals surface area contributed by atoms with Gasteiger partial charge in [-0.15, -0.1) is 11.3 Å². The molecule has 2 saturated heterocycles. The summed E-state index contributed by atoms with van der Waals surface area (Å²) in [5, 5.41) is 2.82. The highest BCUT2D eigenvalue weighted by molar-refractivity contribution is 7.18. The Morgan fingerprint density at radius 3 is 2.93 bits per heavy atom. The van der Waals surface area contributed by atoms with Crippen molar-refractivity contribution < 1.29 is 19.1 Å². The van der Waals surface area contributed by atoms with Crippen LogP contribution in [-0.4, -0.2) is 56.4 Å². The van der Waals surface area contributed by atoms with Crippen molar-refractivity contribution in [3.05, 3.63) is 39.5 Å². The van der Waals surface area contributed by atoms with E-state index in [1.54, 1.807) is 17.0 Å². The molecule has 3 aliphatic heterocycles. The lowest BCUT2D eigenvalue weighted by Gasteiger charge is -2.32. The number of anilines is 2. The molecule has 10 heteroatoms. The van der Waals surface area contributed by atoms with Crippen molar-refractivity contribution in [1.82, 2.24) is 5.32 Å². The molecule has 0 unspecified atom stereocenters. The van der Waals surface area contributed by atoms with Crippen LogP contribution in [0.2, 0.25) is 4.34 Å².